The van der Waals surface area contributed by atoms with Gasteiger partial charge in [0.1, 0.15) is 11.6 Å². The van der Waals surface area contributed by atoms with Gasteiger partial charge in [-0.3, -0.25) is 9.69 Å². The van der Waals surface area contributed by atoms with Gasteiger partial charge in [-0.1, -0.05) is 0 Å². The normalized spacial score (nSPS) is 27.5. The Morgan fingerprint density at radius 1 is 1.03 bits per heavy atom. The highest BCUT2D eigenvalue weighted by Crippen LogP contribution is 2.54. The molecule has 4 aliphatic rings. The molecule has 1 N–H and O–H groups in total. The molecule has 5 nitrogen and oxygen atoms in total. The number of nitrogens with zero attached hydrogens (tertiary/aromatic N) is 3. The first kappa shape index (κ1) is 19.5. The Bertz CT molecular complexity index is 1020. The van der Waals surface area contributed by atoms with Crippen molar-refractivity contribution in [1.82, 2.24) is 14.9 Å². The summed E-state index contributed by atoms with van der Waals surface area (Å²) in [5, 5.41) is 0. The maximum atomic E-state index is 13.2. The van der Waals surface area contributed by atoms with Gasteiger partial charge in [0.2, 0.25) is 0 Å². The van der Waals surface area contributed by atoms with Crippen LogP contribution < -0.4 is 10.5 Å². The monoisotopic (exact) mass is 422 g/mol. The summed E-state index contributed by atoms with van der Waals surface area (Å²) in [6.45, 7) is 4.01. The SMILES string of the molecule is O=c1[nH]c([C@H]2CC[C@H](N3CCN(c4ccc(F)cc4)CC3)C2)nc2c1CC1(CC2)CC1. The van der Waals surface area contributed by atoms with E-state index in [0.29, 0.717) is 17.4 Å². The number of rotatable bonds is 3. The van der Waals surface area contributed by atoms with Crippen LogP contribution in [0.2, 0.25) is 0 Å². The van der Waals surface area contributed by atoms with Gasteiger partial charge in [0, 0.05) is 49.4 Å². The van der Waals surface area contributed by atoms with Crippen molar-refractivity contribution in [3.05, 3.63) is 57.5 Å². The van der Waals surface area contributed by atoms with E-state index >= 15 is 0 Å². The van der Waals surface area contributed by atoms with Crippen LogP contribution in [0.1, 0.15) is 61.5 Å². The molecular formula is C25H31FN4O. The van der Waals surface area contributed by atoms with Gasteiger partial charge < -0.3 is 9.88 Å². The number of aryl methyl sites for hydroxylation is 1. The highest BCUT2D eigenvalue weighted by atomic mass is 19.1. The molecule has 0 unspecified atom stereocenters. The number of anilines is 1. The Morgan fingerprint density at radius 3 is 2.55 bits per heavy atom. The average molecular weight is 423 g/mol. The van der Waals surface area contributed by atoms with Crippen LogP contribution in [0.5, 0.6) is 0 Å². The van der Waals surface area contributed by atoms with Gasteiger partial charge in [0.05, 0.1) is 5.69 Å². The van der Waals surface area contributed by atoms with E-state index in [-0.39, 0.29) is 11.4 Å². The lowest BCUT2D eigenvalue weighted by Crippen LogP contribution is -2.49. The molecule has 3 aliphatic carbocycles. The number of hydrogen-bond acceptors (Lipinski definition) is 4. The second-order valence-electron chi connectivity index (χ2n) is 10.2. The van der Waals surface area contributed by atoms with Crippen molar-refractivity contribution in [3.63, 3.8) is 0 Å². The van der Waals surface area contributed by atoms with Crippen molar-refractivity contribution in [2.45, 2.75) is 63.3 Å². The van der Waals surface area contributed by atoms with Crippen molar-refractivity contribution in [3.8, 4) is 0 Å². The fraction of sp³-hybridized carbons (Fsp3) is 0.600. The summed E-state index contributed by atoms with van der Waals surface area (Å²) in [5.74, 6) is 1.12. The standard InChI is InChI=1S/C25H31FN4O/c26-18-2-5-19(6-3-18)29-11-13-30(14-12-29)20-4-1-17(15-20)23-27-22-7-8-25(9-10-25)16-21(22)24(31)28-23/h2-3,5-6,17,20H,1,4,7-16H2,(H,27,28,31)/t17-,20-/m0/s1. The summed E-state index contributed by atoms with van der Waals surface area (Å²) in [6, 6.07) is 7.40. The van der Waals surface area contributed by atoms with E-state index in [9.17, 15) is 9.18 Å². The van der Waals surface area contributed by atoms with E-state index in [2.05, 4.69) is 14.8 Å². The number of piperazine rings is 1. The second-order valence-corrected chi connectivity index (χ2v) is 10.2. The number of benzene rings is 1. The maximum Gasteiger partial charge on any atom is 0.254 e. The molecule has 1 spiro atoms. The minimum Gasteiger partial charge on any atom is -0.369 e. The summed E-state index contributed by atoms with van der Waals surface area (Å²) in [7, 11) is 0. The van der Waals surface area contributed by atoms with E-state index in [0.717, 1.165) is 74.6 Å². The van der Waals surface area contributed by atoms with Crippen LogP contribution in [0.4, 0.5) is 10.1 Å². The Kier molecular flexibility index (Phi) is 4.67. The summed E-state index contributed by atoms with van der Waals surface area (Å²) >= 11 is 0. The fourth-order valence-electron chi connectivity index (χ4n) is 6.13. The van der Waals surface area contributed by atoms with Crippen LogP contribution in [0.25, 0.3) is 0 Å². The van der Waals surface area contributed by atoms with Crippen LogP contribution in [0.15, 0.2) is 29.1 Å². The Hall–Kier alpha value is -2.21. The number of H-pyrrole nitrogens is 1. The summed E-state index contributed by atoms with van der Waals surface area (Å²) in [5.41, 5.74) is 3.72. The molecule has 0 bridgehead atoms. The van der Waals surface area contributed by atoms with Gasteiger partial charge in [0.25, 0.3) is 5.56 Å². The van der Waals surface area contributed by atoms with Crippen LogP contribution >= 0.6 is 0 Å². The molecule has 2 aromatic rings. The third kappa shape index (κ3) is 3.69. The molecule has 2 saturated carbocycles. The number of aromatic nitrogens is 2. The van der Waals surface area contributed by atoms with Crippen LogP contribution in [0.3, 0.4) is 0 Å². The van der Waals surface area contributed by atoms with Gasteiger partial charge in [-0.2, -0.15) is 0 Å². The molecule has 1 aliphatic heterocycles. The molecule has 1 saturated heterocycles. The van der Waals surface area contributed by atoms with Crippen molar-refractivity contribution < 1.29 is 4.39 Å². The van der Waals surface area contributed by atoms with Gasteiger partial charge in [-0.05, 0) is 81.0 Å². The molecule has 0 amide bonds. The maximum absolute atomic E-state index is 13.2. The Morgan fingerprint density at radius 2 is 1.81 bits per heavy atom. The van der Waals surface area contributed by atoms with Crippen molar-refractivity contribution in [1.29, 1.82) is 0 Å². The third-order valence-corrected chi connectivity index (χ3v) is 8.33. The van der Waals surface area contributed by atoms with E-state index in [1.54, 1.807) is 12.1 Å². The quantitative estimate of drug-likeness (QED) is 0.821. The smallest absolute Gasteiger partial charge is 0.254 e. The molecule has 6 heteroatoms. The summed E-state index contributed by atoms with van der Waals surface area (Å²) < 4.78 is 13.2. The molecule has 2 heterocycles. The number of halogens is 1. The molecule has 1 aromatic heterocycles. The topological polar surface area (TPSA) is 52.2 Å². The van der Waals surface area contributed by atoms with Gasteiger partial charge in [-0.15, -0.1) is 0 Å². The van der Waals surface area contributed by atoms with Gasteiger partial charge >= 0.3 is 0 Å². The lowest BCUT2D eigenvalue weighted by molar-refractivity contribution is 0.186. The van der Waals surface area contributed by atoms with Gasteiger partial charge in [0.15, 0.2) is 0 Å². The van der Waals surface area contributed by atoms with E-state index < -0.39 is 0 Å². The zero-order valence-electron chi connectivity index (χ0n) is 18.1. The fourth-order valence-corrected chi connectivity index (χ4v) is 6.13. The van der Waals surface area contributed by atoms with Crippen LogP contribution in [0, 0.1) is 11.2 Å². The van der Waals surface area contributed by atoms with E-state index in [1.807, 2.05) is 12.1 Å². The molecule has 3 fully saturated rings. The number of fused-ring (bicyclic) bond motifs is 1. The first-order valence-corrected chi connectivity index (χ1v) is 12.0. The third-order valence-electron chi connectivity index (χ3n) is 8.33. The lowest BCUT2D eigenvalue weighted by Gasteiger charge is -2.39. The predicted octanol–water partition coefficient (Wildman–Crippen LogP) is 3.64. The number of hydrogen-bond donors (Lipinski definition) is 1. The molecule has 31 heavy (non-hydrogen) atoms. The molecule has 0 radical (unpaired) electrons. The van der Waals surface area contributed by atoms with E-state index in [1.165, 1.54) is 25.7 Å². The largest absolute Gasteiger partial charge is 0.369 e. The minimum absolute atomic E-state index is 0.127. The molecule has 2 atom stereocenters. The Balaban J connectivity index is 1.09. The highest BCUT2D eigenvalue weighted by molar-refractivity contribution is 5.46. The van der Waals surface area contributed by atoms with Crippen LogP contribution in [-0.2, 0) is 12.8 Å². The molecule has 164 valence electrons. The van der Waals surface area contributed by atoms with Crippen molar-refractivity contribution in [2.75, 3.05) is 31.1 Å². The molecule has 1 aromatic carbocycles. The lowest BCUT2D eigenvalue weighted by atomic mass is 9.84. The van der Waals surface area contributed by atoms with Crippen molar-refractivity contribution in [2.24, 2.45) is 5.41 Å². The zero-order valence-corrected chi connectivity index (χ0v) is 18.1. The second kappa shape index (κ2) is 7.44. The van der Waals surface area contributed by atoms with E-state index in [4.69, 9.17) is 4.98 Å². The van der Waals surface area contributed by atoms with Crippen molar-refractivity contribution >= 4 is 5.69 Å². The number of nitrogens with one attached hydrogen (secondary N) is 1. The summed E-state index contributed by atoms with van der Waals surface area (Å²) in [4.78, 5) is 25.9. The van der Waals surface area contributed by atoms with Crippen LogP contribution in [-0.4, -0.2) is 47.1 Å². The number of aromatic amines is 1. The predicted molar refractivity (Wildman–Crippen MR) is 119 cm³/mol. The summed E-state index contributed by atoms with van der Waals surface area (Å²) in [6.07, 6.45) is 9.06. The highest BCUT2D eigenvalue weighted by Gasteiger charge is 2.46. The first-order chi connectivity index (χ1) is 15.1. The Labute approximate surface area is 182 Å². The van der Waals surface area contributed by atoms with Gasteiger partial charge in [-0.25, -0.2) is 9.37 Å². The minimum atomic E-state index is -0.180. The zero-order chi connectivity index (χ0) is 21.0. The average Bonchev–Trinajstić information content (AvgIpc) is 3.35. The molecular weight excluding hydrogens is 391 g/mol. The molecule has 6 rings (SSSR count). The first-order valence-electron chi connectivity index (χ1n) is 12.0.